The number of rotatable bonds is 4. The zero-order valence-electron chi connectivity index (χ0n) is 8.57. The van der Waals surface area contributed by atoms with Crippen molar-refractivity contribution >= 4 is 11.9 Å². The number of carboxylic acids is 1. The number of nitriles is 1. The normalized spacial score (nSPS) is 10.4. The van der Waals surface area contributed by atoms with Gasteiger partial charge in [0.25, 0.3) is 0 Å². The number of hydrogen-bond donors (Lipinski definition) is 1. The molecule has 0 saturated heterocycles. The van der Waals surface area contributed by atoms with Crippen molar-refractivity contribution in [1.29, 1.82) is 5.26 Å². The molecule has 0 aliphatic heterocycles. The van der Waals surface area contributed by atoms with Crippen LogP contribution in [-0.2, 0) is 9.59 Å². The molecule has 5 heteroatoms. The lowest BCUT2D eigenvalue weighted by Crippen LogP contribution is -2.43. The molecular weight excluding hydrogens is 184 g/mol. The van der Waals surface area contributed by atoms with Gasteiger partial charge >= 0.3 is 5.97 Å². The third-order valence-corrected chi connectivity index (χ3v) is 1.98. The quantitative estimate of drug-likeness (QED) is 0.666. The minimum Gasteiger partial charge on any atom is -0.480 e. The van der Waals surface area contributed by atoms with Gasteiger partial charge in [0, 0.05) is 13.6 Å². The molecule has 0 bridgehead atoms. The third kappa shape index (κ3) is 2.73. The highest BCUT2D eigenvalue weighted by Gasteiger charge is 2.37. The van der Waals surface area contributed by atoms with E-state index in [1.54, 1.807) is 0 Å². The van der Waals surface area contributed by atoms with Crippen LogP contribution in [0.15, 0.2) is 0 Å². The van der Waals surface area contributed by atoms with Crippen molar-refractivity contribution in [2.75, 3.05) is 13.6 Å². The second-order valence-corrected chi connectivity index (χ2v) is 3.56. The summed E-state index contributed by atoms with van der Waals surface area (Å²) in [4.78, 5) is 23.5. The van der Waals surface area contributed by atoms with Gasteiger partial charge < -0.3 is 10.0 Å². The zero-order valence-corrected chi connectivity index (χ0v) is 8.57. The van der Waals surface area contributed by atoms with Crippen molar-refractivity contribution in [2.45, 2.75) is 20.3 Å². The lowest BCUT2D eigenvalue weighted by Gasteiger charge is -2.25. The number of nitrogens with zero attached hydrogens (tertiary/aromatic N) is 2. The van der Waals surface area contributed by atoms with Crippen molar-refractivity contribution in [3.8, 4) is 6.07 Å². The molecule has 0 heterocycles. The summed E-state index contributed by atoms with van der Waals surface area (Å²) in [6.07, 6.45) is 0.206. The van der Waals surface area contributed by atoms with Crippen molar-refractivity contribution in [3.63, 3.8) is 0 Å². The number of carbonyl (C=O) groups is 2. The van der Waals surface area contributed by atoms with Gasteiger partial charge in [0.05, 0.1) is 12.5 Å². The van der Waals surface area contributed by atoms with Crippen molar-refractivity contribution in [3.05, 3.63) is 0 Å². The summed E-state index contributed by atoms with van der Waals surface area (Å²) in [7, 11) is 1.49. The minimum atomic E-state index is -1.43. The molecule has 0 aliphatic carbocycles. The van der Waals surface area contributed by atoms with Crippen molar-refractivity contribution < 1.29 is 14.7 Å². The Morgan fingerprint density at radius 1 is 1.50 bits per heavy atom. The molecule has 0 rings (SSSR count). The number of carbonyl (C=O) groups excluding carboxylic acids is 1. The Labute approximate surface area is 82.9 Å². The first-order chi connectivity index (χ1) is 6.34. The third-order valence-electron chi connectivity index (χ3n) is 1.98. The molecule has 0 aromatic carbocycles. The standard InChI is InChI=1S/C9H14N2O3/c1-9(2,8(13)14)7(12)11(3)6-4-5-10/h4,6H2,1-3H3,(H,13,14). The second-order valence-electron chi connectivity index (χ2n) is 3.56. The maximum Gasteiger partial charge on any atom is 0.318 e. The van der Waals surface area contributed by atoms with Gasteiger partial charge in [-0.3, -0.25) is 9.59 Å². The average Bonchev–Trinajstić information content (AvgIpc) is 2.12. The molecule has 1 amide bonds. The zero-order chi connectivity index (χ0) is 11.4. The molecule has 0 saturated carbocycles. The minimum absolute atomic E-state index is 0.206. The van der Waals surface area contributed by atoms with E-state index in [-0.39, 0.29) is 13.0 Å². The fraction of sp³-hybridized carbons (Fsp3) is 0.667. The summed E-state index contributed by atoms with van der Waals surface area (Å²) in [5, 5.41) is 17.1. The van der Waals surface area contributed by atoms with Crippen LogP contribution in [0.25, 0.3) is 0 Å². The maximum absolute atomic E-state index is 11.5. The molecule has 0 unspecified atom stereocenters. The Hall–Kier alpha value is -1.57. The molecule has 1 N–H and O–H groups in total. The Bertz CT molecular complexity index is 278. The number of hydrogen-bond acceptors (Lipinski definition) is 3. The molecule has 0 atom stereocenters. The van der Waals surface area contributed by atoms with E-state index >= 15 is 0 Å². The summed E-state index contributed by atoms with van der Waals surface area (Å²) in [6, 6.07) is 1.89. The highest BCUT2D eigenvalue weighted by atomic mass is 16.4. The van der Waals surface area contributed by atoms with E-state index in [1.807, 2.05) is 6.07 Å². The molecule has 0 spiro atoms. The van der Waals surface area contributed by atoms with Crippen LogP contribution in [0.1, 0.15) is 20.3 Å². The molecule has 78 valence electrons. The first-order valence-corrected chi connectivity index (χ1v) is 4.20. The van der Waals surface area contributed by atoms with Gasteiger partial charge in [-0.2, -0.15) is 5.26 Å². The van der Waals surface area contributed by atoms with E-state index in [0.29, 0.717) is 0 Å². The van der Waals surface area contributed by atoms with Crippen LogP contribution < -0.4 is 0 Å². The highest BCUT2D eigenvalue weighted by molar-refractivity contribution is 6.00. The highest BCUT2D eigenvalue weighted by Crippen LogP contribution is 2.18. The fourth-order valence-corrected chi connectivity index (χ4v) is 0.888. The summed E-state index contributed by atoms with van der Waals surface area (Å²) in [6.45, 7) is 2.95. The van der Waals surface area contributed by atoms with Crippen LogP contribution >= 0.6 is 0 Å². The van der Waals surface area contributed by atoms with Gasteiger partial charge in [0.2, 0.25) is 5.91 Å². The molecule has 0 radical (unpaired) electrons. The van der Waals surface area contributed by atoms with E-state index in [1.165, 1.54) is 25.8 Å². The lowest BCUT2D eigenvalue weighted by molar-refractivity contribution is -0.157. The van der Waals surface area contributed by atoms with Gasteiger partial charge in [-0.15, -0.1) is 0 Å². The summed E-state index contributed by atoms with van der Waals surface area (Å²) in [5.74, 6) is -1.65. The molecule has 0 aromatic heterocycles. The predicted molar refractivity (Wildman–Crippen MR) is 49.3 cm³/mol. The molecule has 0 aliphatic rings. The second kappa shape index (κ2) is 4.61. The maximum atomic E-state index is 11.5. The van der Waals surface area contributed by atoms with Crippen LogP contribution in [0.4, 0.5) is 0 Å². The van der Waals surface area contributed by atoms with Gasteiger partial charge in [-0.1, -0.05) is 0 Å². The number of carboxylic acid groups (broad SMARTS) is 1. The molecule has 14 heavy (non-hydrogen) atoms. The number of aliphatic carboxylic acids is 1. The predicted octanol–water partition coefficient (Wildman–Crippen LogP) is 0.469. The molecular formula is C9H14N2O3. The van der Waals surface area contributed by atoms with Crippen LogP contribution in [0.2, 0.25) is 0 Å². The first-order valence-electron chi connectivity index (χ1n) is 4.20. The average molecular weight is 198 g/mol. The number of amides is 1. The monoisotopic (exact) mass is 198 g/mol. The van der Waals surface area contributed by atoms with Gasteiger partial charge in [0.15, 0.2) is 0 Å². The van der Waals surface area contributed by atoms with Crippen LogP contribution in [-0.4, -0.2) is 35.5 Å². The van der Waals surface area contributed by atoms with Gasteiger partial charge in [0.1, 0.15) is 5.41 Å². The Morgan fingerprint density at radius 2 is 2.00 bits per heavy atom. The van der Waals surface area contributed by atoms with Crippen LogP contribution in [0.5, 0.6) is 0 Å². The summed E-state index contributed by atoms with van der Waals surface area (Å²) < 4.78 is 0. The van der Waals surface area contributed by atoms with Crippen molar-refractivity contribution in [1.82, 2.24) is 4.90 Å². The van der Waals surface area contributed by atoms with Gasteiger partial charge in [-0.25, -0.2) is 0 Å². The van der Waals surface area contributed by atoms with E-state index in [9.17, 15) is 9.59 Å². The topological polar surface area (TPSA) is 81.4 Å². The molecule has 5 nitrogen and oxygen atoms in total. The summed E-state index contributed by atoms with van der Waals surface area (Å²) >= 11 is 0. The Kier molecular flexibility index (Phi) is 4.09. The first kappa shape index (κ1) is 12.4. The largest absolute Gasteiger partial charge is 0.480 e. The Morgan fingerprint density at radius 3 is 2.36 bits per heavy atom. The van der Waals surface area contributed by atoms with Crippen LogP contribution in [0, 0.1) is 16.7 Å². The fourth-order valence-electron chi connectivity index (χ4n) is 0.888. The van der Waals surface area contributed by atoms with Crippen molar-refractivity contribution in [2.24, 2.45) is 5.41 Å². The van der Waals surface area contributed by atoms with Crippen LogP contribution in [0.3, 0.4) is 0 Å². The van der Waals surface area contributed by atoms with E-state index in [0.717, 1.165) is 0 Å². The smallest absolute Gasteiger partial charge is 0.318 e. The summed E-state index contributed by atoms with van der Waals surface area (Å²) in [5.41, 5.74) is -1.43. The SMILES string of the molecule is CN(CCC#N)C(=O)C(C)(C)C(=O)O. The van der Waals surface area contributed by atoms with Gasteiger partial charge in [-0.05, 0) is 13.8 Å². The Balaban J connectivity index is 4.47. The lowest BCUT2D eigenvalue weighted by atomic mass is 9.92. The van der Waals surface area contributed by atoms with E-state index in [4.69, 9.17) is 10.4 Å². The van der Waals surface area contributed by atoms with E-state index in [2.05, 4.69) is 0 Å². The molecule has 0 aromatic rings. The molecule has 0 fully saturated rings. The van der Waals surface area contributed by atoms with E-state index < -0.39 is 17.3 Å².